The van der Waals surface area contributed by atoms with Crippen LogP contribution in [0.15, 0.2) is 0 Å². The second-order valence-electron chi connectivity index (χ2n) is 1.14. The van der Waals surface area contributed by atoms with Gasteiger partial charge in [-0.25, -0.2) is 0 Å². The normalized spacial score (nSPS) is 13.8. The second kappa shape index (κ2) is 2.27. The Kier molecular flexibility index (Phi) is 2.29. The molecule has 0 amide bonds. The molecule has 0 spiro atoms. The Bertz CT molecular complexity index is 61.8. The van der Waals surface area contributed by atoms with Crippen LogP contribution in [-0.4, -0.2) is 11.6 Å². The van der Waals surface area contributed by atoms with Gasteiger partial charge in [-0.3, -0.25) is 4.79 Å². The number of nitrogens with two attached hydrogens (primary N) is 1. The van der Waals surface area contributed by atoms with Crippen LogP contribution in [0, 0.1) is 0 Å². The Morgan fingerprint density at radius 1 is 2.00 bits per heavy atom. The molecule has 0 fully saturated rings. The summed E-state index contributed by atoms with van der Waals surface area (Å²) in [7, 11) is 2.20. The number of rotatable bonds is 1. The molecule has 0 bridgehead atoms. The average molecular weight is 105 g/mol. The van der Waals surface area contributed by atoms with E-state index in [9.17, 15) is 4.79 Å². The summed E-state index contributed by atoms with van der Waals surface area (Å²) >= 11 is 0. The molecule has 0 aliphatic heterocycles. The Balaban J connectivity index is 3.26. The Hall–Kier alpha value is 0.0600. The molecule has 0 aromatic rings. The zero-order valence-corrected chi connectivity index (χ0v) is 4.79. The van der Waals surface area contributed by atoms with Gasteiger partial charge in [0.15, 0.2) is 0 Å². The SMILES string of the molecule is CC(=O)C(N)P. The van der Waals surface area contributed by atoms with E-state index in [1.54, 1.807) is 0 Å². The van der Waals surface area contributed by atoms with Crippen LogP contribution in [0.3, 0.4) is 0 Å². The topological polar surface area (TPSA) is 43.1 Å². The van der Waals surface area contributed by atoms with Crippen molar-refractivity contribution in [1.29, 1.82) is 0 Å². The minimum atomic E-state index is -0.370. The summed E-state index contributed by atoms with van der Waals surface area (Å²) in [5.74, 6) is -0.370. The first-order chi connectivity index (χ1) is 2.64. The smallest absolute Gasteiger partial charge is 0.150 e. The van der Waals surface area contributed by atoms with Gasteiger partial charge in [0.2, 0.25) is 0 Å². The quantitative estimate of drug-likeness (QED) is 0.466. The van der Waals surface area contributed by atoms with Crippen LogP contribution in [0.2, 0.25) is 0 Å². The average Bonchev–Trinajstić information content (AvgIpc) is 1.36. The fourth-order valence-electron chi connectivity index (χ4n) is 0. The summed E-state index contributed by atoms with van der Waals surface area (Å²) in [5.41, 5.74) is 5.05. The molecule has 6 heavy (non-hydrogen) atoms. The molecular formula is C3H8NOP. The summed E-state index contributed by atoms with van der Waals surface area (Å²) in [6.07, 6.45) is 0. The molecule has 2 nitrogen and oxygen atoms in total. The molecule has 0 radical (unpaired) electrons. The van der Waals surface area contributed by atoms with E-state index in [2.05, 4.69) is 9.24 Å². The third-order valence-electron chi connectivity index (χ3n) is 0.469. The highest BCUT2D eigenvalue weighted by atomic mass is 31.0. The van der Waals surface area contributed by atoms with E-state index in [4.69, 9.17) is 5.73 Å². The van der Waals surface area contributed by atoms with Crippen molar-refractivity contribution < 1.29 is 4.79 Å². The van der Waals surface area contributed by atoms with Crippen molar-refractivity contribution in [2.45, 2.75) is 12.7 Å². The first-order valence-electron chi connectivity index (χ1n) is 1.66. The molecular weight excluding hydrogens is 97.0 g/mol. The lowest BCUT2D eigenvalue weighted by molar-refractivity contribution is -0.116. The Morgan fingerprint density at radius 2 is 2.17 bits per heavy atom. The minimum absolute atomic E-state index is 0.000000000000000444. The molecule has 36 valence electrons. The second-order valence-corrected chi connectivity index (χ2v) is 1.85. The summed E-state index contributed by atoms with van der Waals surface area (Å²) in [6.45, 7) is 1.46. The molecule has 0 aliphatic carbocycles. The number of hydrogen-bond donors (Lipinski definition) is 1. The summed E-state index contributed by atoms with van der Waals surface area (Å²) < 4.78 is 0. The van der Waals surface area contributed by atoms with Gasteiger partial charge in [-0.2, -0.15) is 0 Å². The summed E-state index contributed by atoms with van der Waals surface area (Å²) in [6, 6.07) is 0. The van der Waals surface area contributed by atoms with Gasteiger partial charge >= 0.3 is 0 Å². The molecule has 0 rings (SSSR count). The van der Waals surface area contributed by atoms with Crippen molar-refractivity contribution in [3.05, 3.63) is 0 Å². The van der Waals surface area contributed by atoms with Crippen LogP contribution in [0.1, 0.15) is 6.92 Å². The monoisotopic (exact) mass is 105 g/mol. The molecule has 0 aromatic heterocycles. The van der Waals surface area contributed by atoms with Crippen molar-refractivity contribution in [2.24, 2.45) is 5.73 Å². The van der Waals surface area contributed by atoms with Crippen LogP contribution in [-0.2, 0) is 4.79 Å². The maximum atomic E-state index is 10.00. The van der Waals surface area contributed by atoms with Gasteiger partial charge in [0.1, 0.15) is 5.78 Å². The predicted octanol–water partition coefficient (Wildman–Crippen LogP) is -0.265. The number of Topliss-reactive ketones (excluding diaryl/α,β-unsaturated/α-hetero) is 1. The molecule has 2 atom stereocenters. The molecule has 0 aliphatic rings. The standard InChI is InChI=1S/C3H8NOP/c1-2(5)3(4)6/h3H,4,6H2,1H3. The maximum Gasteiger partial charge on any atom is 0.150 e. The van der Waals surface area contributed by atoms with Gasteiger partial charge in [0.25, 0.3) is 0 Å². The molecule has 2 unspecified atom stereocenters. The van der Waals surface area contributed by atoms with Gasteiger partial charge in [-0.15, -0.1) is 9.24 Å². The van der Waals surface area contributed by atoms with Crippen LogP contribution < -0.4 is 5.73 Å². The first kappa shape index (κ1) is 6.06. The van der Waals surface area contributed by atoms with E-state index in [-0.39, 0.29) is 11.6 Å². The van der Waals surface area contributed by atoms with Crippen LogP contribution >= 0.6 is 9.24 Å². The van der Waals surface area contributed by atoms with Crippen molar-refractivity contribution in [2.75, 3.05) is 0 Å². The van der Waals surface area contributed by atoms with E-state index in [1.807, 2.05) is 0 Å². The molecule has 0 saturated carbocycles. The molecule has 0 heterocycles. The number of carbonyl (C=O) groups is 1. The fourth-order valence-corrected chi connectivity index (χ4v) is 0. The van der Waals surface area contributed by atoms with E-state index in [0.717, 1.165) is 0 Å². The summed E-state index contributed by atoms with van der Waals surface area (Å²) in [5, 5.41) is 0. The highest BCUT2D eigenvalue weighted by molar-refractivity contribution is 7.19. The lowest BCUT2D eigenvalue weighted by Crippen LogP contribution is -2.19. The highest BCUT2D eigenvalue weighted by Crippen LogP contribution is 1.88. The van der Waals surface area contributed by atoms with Crippen LogP contribution in [0.4, 0.5) is 0 Å². The zero-order valence-electron chi connectivity index (χ0n) is 3.64. The largest absolute Gasteiger partial charge is 0.318 e. The molecule has 0 saturated heterocycles. The van der Waals surface area contributed by atoms with Gasteiger partial charge in [-0.1, -0.05) is 0 Å². The molecule has 3 heteroatoms. The van der Waals surface area contributed by atoms with E-state index in [0.29, 0.717) is 0 Å². The lowest BCUT2D eigenvalue weighted by Gasteiger charge is -1.91. The number of carbonyl (C=O) groups excluding carboxylic acids is 1. The van der Waals surface area contributed by atoms with Crippen molar-refractivity contribution >= 4 is 15.0 Å². The predicted molar refractivity (Wildman–Crippen MR) is 28.4 cm³/mol. The van der Waals surface area contributed by atoms with Gasteiger partial charge in [0.05, 0.1) is 5.78 Å². The first-order valence-corrected chi connectivity index (χ1v) is 2.33. The third-order valence-corrected chi connectivity index (χ3v) is 0.939. The van der Waals surface area contributed by atoms with Gasteiger partial charge in [-0.05, 0) is 6.92 Å². The maximum absolute atomic E-state index is 10.00. The van der Waals surface area contributed by atoms with Crippen LogP contribution in [0.5, 0.6) is 0 Å². The minimum Gasteiger partial charge on any atom is -0.318 e. The van der Waals surface area contributed by atoms with Crippen molar-refractivity contribution in [3.63, 3.8) is 0 Å². The van der Waals surface area contributed by atoms with Crippen LogP contribution in [0.25, 0.3) is 0 Å². The van der Waals surface area contributed by atoms with E-state index >= 15 is 0 Å². The third kappa shape index (κ3) is 2.31. The highest BCUT2D eigenvalue weighted by Gasteiger charge is 1.95. The van der Waals surface area contributed by atoms with Gasteiger partial charge in [0, 0.05) is 0 Å². The lowest BCUT2D eigenvalue weighted by atomic mass is 10.5. The van der Waals surface area contributed by atoms with E-state index in [1.165, 1.54) is 6.92 Å². The molecule has 0 aromatic carbocycles. The Morgan fingerprint density at radius 3 is 2.17 bits per heavy atom. The fraction of sp³-hybridized carbons (Fsp3) is 0.667. The van der Waals surface area contributed by atoms with E-state index < -0.39 is 0 Å². The number of ketones is 1. The number of hydrogen-bond acceptors (Lipinski definition) is 2. The molecule has 2 N–H and O–H groups in total. The summed E-state index contributed by atoms with van der Waals surface area (Å²) in [4.78, 5) is 10.00. The van der Waals surface area contributed by atoms with Crippen molar-refractivity contribution in [3.8, 4) is 0 Å². The van der Waals surface area contributed by atoms with Crippen molar-refractivity contribution in [1.82, 2.24) is 0 Å². The Labute approximate surface area is 39.3 Å². The van der Waals surface area contributed by atoms with Gasteiger partial charge < -0.3 is 5.73 Å². The zero-order chi connectivity index (χ0) is 5.15.